The van der Waals surface area contributed by atoms with Gasteiger partial charge in [-0.1, -0.05) is 56.3 Å². The van der Waals surface area contributed by atoms with E-state index in [1.54, 1.807) is 12.1 Å². The molecule has 2 amide bonds. The summed E-state index contributed by atoms with van der Waals surface area (Å²) in [6.07, 6.45) is 2.77. The van der Waals surface area contributed by atoms with Crippen LogP contribution < -0.4 is 0 Å². The summed E-state index contributed by atoms with van der Waals surface area (Å²) in [4.78, 5) is 27.0. The van der Waals surface area contributed by atoms with Crippen LogP contribution >= 0.6 is 0 Å². The third kappa shape index (κ3) is 3.26. The number of carbonyl (C=O) groups excluding carboxylic acids is 2. The number of carbonyl (C=O) groups is 2. The minimum atomic E-state index is -0.170. The van der Waals surface area contributed by atoms with E-state index in [0.29, 0.717) is 30.2 Å². The van der Waals surface area contributed by atoms with E-state index in [2.05, 4.69) is 38.1 Å². The van der Waals surface area contributed by atoms with Crippen molar-refractivity contribution in [3.8, 4) is 0 Å². The summed E-state index contributed by atoms with van der Waals surface area (Å²) in [5, 5.41) is 0. The lowest BCUT2D eigenvalue weighted by molar-refractivity contribution is -0.0478. The van der Waals surface area contributed by atoms with Crippen LogP contribution in [-0.2, 0) is 10.2 Å². The average molecular weight is 377 g/mol. The molecule has 1 saturated heterocycles. The highest BCUT2D eigenvalue weighted by Gasteiger charge is 2.42. The maximum Gasteiger partial charge on any atom is 0.261 e. The van der Waals surface area contributed by atoms with Crippen molar-refractivity contribution in [2.75, 3.05) is 13.2 Å². The summed E-state index contributed by atoms with van der Waals surface area (Å²) >= 11 is 0. The Balaban J connectivity index is 1.59. The molecule has 28 heavy (non-hydrogen) atoms. The Labute approximate surface area is 166 Å². The maximum atomic E-state index is 12.8. The number of nitrogens with zero attached hydrogens (tertiary/aromatic N) is 1. The molecule has 0 aromatic heterocycles. The number of hydrogen-bond donors (Lipinski definition) is 0. The molecular formula is C24H27NO3. The van der Waals surface area contributed by atoms with E-state index in [1.165, 1.54) is 10.5 Å². The van der Waals surface area contributed by atoms with Crippen molar-refractivity contribution in [3.05, 3.63) is 71.3 Å². The molecule has 0 saturated carbocycles. The van der Waals surface area contributed by atoms with Gasteiger partial charge in [0, 0.05) is 18.6 Å². The smallest absolute Gasteiger partial charge is 0.261 e. The van der Waals surface area contributed by atoms with E-state index in [4.69, 9.17) is 4.74 Å². The first-order valence-corrected chi connectivity index (χ1v) is 10.1. The summed E-state index contributed by atoms with van der Waals surface area (Å²) in [5.74, 6) is 0.0928. The van der Waals surface area contributed by atoms with E-state index >= 15 is 0 Å². The number of imide groups is 1. The standard InChI is InChI=1S/C24H27NO3/c1-17(2)21-16-24(13-15-28-21,18-8-4-3-5-9-18)12-14-25-22(26)19-10-6-7-11-20(19)23(25)27/h3-11,17,21H,12-16H2,1-2H3/t21-,24-/m0/s1. The molecule has 2 aliphatic heterocycles. The number of hydrogen-bond acceptors (Lipinski definition) is 3. The van der Waals surface area contributed by atoms with Gasteiger partial charge in [-0.2, -0.15) is 0 Å². The first-order chi connectivity index (χ1) is 13.5. The Hall–Kier alpha value is -2.46. The molecular weight excluding hydrogens is 350 g/mol. The van der Waals surface area contributed by atoms with Crippen LogP contribution in [0.3, 0.4) is 0 Å². The van der Waals surface area contributed by atoms with Crippen molar-refractivity contribution in [2.45, 2.75) is 44.6 Å². The second-order valence-electron chi connectivity index (χ2n) is 8.31. The molecule has 4 heteroatoms. The minimum absolute atomic E-state index is 0.0796. The molecule has 0 bridgehead atoms. The Morgan fingerprint density at radius 2 is 1.61 bits per heavy atom. The van der Waals surface area contributed by atoms with Gasteiger partial charge in [0.05, 0.1) is 17.2 Å². The fourth-order valence-corrected chi connectivity index (χ4v) is 4.57. The van der Waals surface area contributed by atoms with E-state index in [9.17, 15) is 9.59 Å². The molecule has 2 atom stereocenters. The molecule has 4 rings (SSSR count). The molecule has 2 aromatic rings. The first-order valence-electron chi connectivity index (χ1n) is 10.1. The van der Waals surface area contributed by atoms with Crippen LogP contribution in [0, 0.1) is 5.92 Å². The van der Waals surface area contributed by atoms with E-state index in [-0.39, 0.29) is 23.3 Å². The zero-order valence-corrected chi connectivity index (χ0v) is 16.6. The number of ether oxygens (including phenoxy) is 1. The second-order valence-corrected chi connectivity index (χ2v) is 8.31. The van der Waals surface area contributed by atoms with Crippen LogP contribution in [0.15, 0.2) is 54.6 Å². The zero-order valence-electron chi connectivity index (χ0n) is 16.6. The number of benzene rings is 2. The van der Waals surface area contributed by atoms with Gasteiger partial charge in [0.25, 0.3) is 11.8 Å². The van der Waals surface area contributed by atoms with Crippen molar-refractivity contribution in [2.24, 2.45) is 5.92 Å². The minimum Gasteiger partial charge on any atom is -0.378 e. The van der Waals surface area contributed by atoms with Crippen LogP contribution in [0.4, 0.5) is 0 Å². The molecule has 2 aromatic carbocycles. The fraction of sp³-hybridized carbons (Fsp3) is 0.417. The van der Waals surface area contributed by atoms with Gasteiger partial charge in [-0.15, -0.1) is 0 Å². The predicted molar refractivity (Wildman–Crippen MR) is 108 cm³/mol. The highest BCUT2D eigenvalue weighted by atomic mass is 16.5. The molecule has 0 N–H and O–H groups in total. The summed E-state index contributed by atoms with van der Waals surface area (Å²) in [7, 11) is 0. The Kier molecular flexibility index (Phi) is 5.07. The van der Waals surface area contributed by atoms with Crippen molar-refractivity contribution in [1.82, 2.24) is 4.90 Å². The number of rotatable bonds is 5. The third-order valence-corrected chi connectivity index (χ3v) is 6.33. The monoisotopic (exact) mass is 377 g/mol. The van der Waals surface area contributed by atoms with Gasteiger partial charge in [0.15, 0.2) is 0 Å². The summed E-state index contributed by atoms with van der Waals surface area (Å²) in [6.45, 7) is 5.53. The quantitative estimate of drug-likeness (QED) is 0.724. The van der Waals surface area contributed by atoms with Gasteiger partial charge in [-0.25, -0.2) is 0 Å². The highest BCUT2D eigenvalue weighted by Crippen LogP contribution is 2.42. The Morgan fingerprint density at radius 1 is 1.00 bits per heavy atom. The molecule has 1 fully saturated rings. The van der Waals surface area contributed by atoms with Crippen LogP contribution in [0.5, 0.6) is 0 Å². The topological polar surface area (TPSA) is 46.6 Å². The number of fused-ring (bicyclic) bond motifs is 1. The summed E-state index contributed by atoms with van der Waals surface area (Å²) in [6, 6.07) is 17.6. The fourth-order valence-electron chi connectivity index (χ4n) is 4.57. The van der Waals surface area contributed by atoms with Crippen LogP contribution in [0.2, 0.25) is 0 Å². The third-order valence-electron chi connectivity index (χ3n) is 6.33. The largest absolute Gasteiger partial charge is 0.378 e. The van der Waals surface area contributed by atoms with E-state index < -0.39 is 0 Å². The normalized spacial score (nSPS) is 24.7. The van der Waals surface area contributed by atoms with Crippen molar-refractivity contribution in [1.29, 1.82) is 0 Å². The van der Waals surface area contributed by atoms with Gasteiger partial charge in [0.2, 0.25) is 0 Å². The van der Waals surface area contributed by atoms with E-state index in [1.807, 2.05) is 18.2 Å². The molecule has 2 aliphatic rings. The van der Waals surface area contributed by atoms with Crippen molar-refractivity contribution in [3.63, 3.8) is 0 Å². The van der Waals surface area contributed by atoms with Crippen LogP contribution in [-0.4, -0.2) is 36.0 Å². The summed E-state index contributed by atoms with van der Waals surface area (Å²) < 4.78 is 6.03. The molecule has 2 heterocycles. The lowest BCUT2D eigenvalue weighted by atomic mass is 9.68. The molecule has 0 spiro atoms. The maximum absolute atomic E-state index is 12.8. The lowest BCUT2D eigenvalue weighted by Crippen LogP contribution is -2.44. The van der Waals surface area contributed by atoms with Crippen molar-refractivity contribution < 1.29 is 14.3 Å². The predicted octanol–water partition coefficient (Wildman–Crippen LogP) is 4.45. The molecule has 0 unspecified atom stereocenters. The molecule has 0 aliphatic carbocycles. The second kappa shape index (κ2) is 7.51. The molecule has 146 valence electrons. The first kappa shape index (κ1) is 18.9. The summed E-state index contributed by atoms with van der Waals surface area (Å²) in [5.41, 5.74) is 2.24. The highest BCUT2D eigenvalue weighted by molar-refractivity contribution is 6.21. The molecule has 4 nitrogen and oxygen atoms in total. The molecule has 0 radical (unpaired) electrons. The van der Waals surface area contributed by atoms with E-state index in [0.717, 1.165) is 19.3 Å². The van der Waals surface area contributed by atoms with Gasteiger partial charge in [-0.05, 0) is 42.9 Å². The number of amides is 2. The SMILES string of the molecule is CC(C)[C@@H]1C[C@@](CCN2C(=O)c3ccccc3C2=O)(c2ccccc2)CCO1. The lowest BCUT2D eigenvalue weighted by Gasteiger charge is -2.43. The van der Waals surface area contributed by atoms with Crippen LogP contribution in [0.1, 0.15) is 59.4 Å². The van der Waals surface area contributed by atoms with Gasteiger partial charge in [0.1, 0.15) is 0 Å². The Bertz CT molecular complexity index is 841. The van der Waals surface area contributed by atoms with Crippen molar-refractivity contribution >= 4 is 11.8 Å². The Morgan fingerprint density at radius 3 is 2.21 bits per heavy atom. The van der Waals surface area contributed by atoms with Gasteiger partial charge >= 0.3 is 0 Å². The average Bonchev–Trinajstić information content (AvgIpc) is 2.98. The van der Waals surface area contributed by atoms with Crippen LogP contribution in [0.25, 0.3) is 0 Å². The zero-order chi connectivity index (χ0) is 19.7. The van der Waals surface area contributed by atoms with Gasteiger partial charge < -0.3 is 4.74 Å². The van der Waals surface area contributed by atoms with Gasteiger partial charge in [-0.3, -0.25) is 14.5 Å².